The molecule has 0 aliphatic carbocycles. The number of aliphatic hydroxyl groups excluding tert-OH is 1. The molecule has 4 nitrogen and oxygen atoms in total. The second-order valence-electron chi connectivity index (χ2n) is 5.16. The van der Waals surface area contributed by atoms with Crippen molar-refractivity contribution < 1.29 is 23.1 Å². The lowest BCUT2D eigenvalue weighted by Gasteiger charge is -2.13. The molecular formula is C17H17F3N2O2. The van der Waals surface area contributed by atoms with Gasteiger partial charge in [0.1, 0.15) is 17.5 Å². The summed E-state index contributed by atoms with van der Waals surface area (Å²) in [5.74, 6) is -1.89. The van der Waals surface area contributed by atoms with Gasteiger partial charge in [-0.2, -0.15) is 0 Å². The third-order valence-electron chi connectivity index (χ3n) is 3.42. The Balaban J connectivity index is 1.74. The molecule has 2 rings (SSSR count). The fraction of sp³-hybridized carbons (Fsp3) is 0.235. The summed E-state index contributed by atoms with van der Waals surface area (Å²) in [5, 5.41) is 14.7. The van der Waals surface area contributed by atoms with E-state index in [4.69, 9.17) is 0 Å². The van der Waals surface area contributed by atoms with Crippen LogP contribution in [0.2, 0.25) is 0 Å². The third-order valence-corrected chi connectivity index (χ3v) is 3.42. The first-order valence-electron chi connectivity index (χ1n) is 7.35. The maximum Gasteiger partial charge on any atom is 0.314 e. The van der Waals surface area contributed by atoms with E-state index in [2.05, 4.69) is 10.6 Å². The topological polar surface area (TPSA) is 61.4 Å². The lowest BCUT2D eigenvalue weighted by Crippen LogP contribution is -2.38. The molecule has 0 aliphatic heterocycles. The van der Waals surface area contributed by atoms with Crippen LogP contribution in [-0.4, -0.2) is 24.2 Å². The van der Waals surface area contributed by atoms with Gasteiger partial charge in [0.05, 0.1) is 6.10 Å². The molecule has 0 spiro atoms. The summed E-state index contributed by atoms with van der Waals surface area (Å²) in [4.78, 5) is 11.6. The summed E-state index contributed by atoms with van der Waals surface area (Å²) in [6.07, 6.45) is -0.985. The maximum absolute atomic E-state index is 13.5. The van der Waals surface area contributed by atoms with E-state index in [1.807, 2.05) is 0 Å². The highest BCUT2D eigenvalue weighted by Crippen LogP contribution is 2.15. The van der Waals surface area contributed by atoms with Crippen molar-refractivity contribution in [2.24, 2.45) is 0 Å². The van der Waals surface area contributed by atoms with Crippen LogP contribution in [0.25, 0.3) is 0 Å². The highest BCUT2D eigenvalue weighted by Gasteiger charge is 2.13. The number of carbonyl (C=O) groups excluding carboxylic acids is 1. The highest BCUT2D eigenvalue weighted by atomic mass is 19.1. The van der Waals surface area contributed by atoms with Crippen LogP contribution >= 0.6 is 0 Å². The fourth-order valence-electron chi connectivity index (χ4n) is 2.14. The molecule has 2 aromatic rings. The first kappa shape index (κ1) is 17.8. The summed E-state index contributed by atoms with van der Waals surface area (Å²) < 4.78 is 39.7. The van der Waals surface area contributed by atoms with Gasteiger partial charge in [-0.25, -0.2) is 18.0 Å². The Morgan fingerprint density at radius 3 is 2.50 bits per heavy atom. The summed E-state index contributed by atoms with van der Waals surface area (Å²) >= 11 is 0. The van der Waals surface area contributed by atoms with Crippen molar-refractivity contribution in [2.75, 3.05) is 13.1 Å². The summed E-state index contributed by atoms with van der Waals surface area (Å²) in [6.45, 7) is -0.0398. The Morgan fingerprint density at radius 2 is 1.79 bits per heavy atom. The minimum absolute atomic E-state index is 0.0891. The second-order valence-corrected chi connectivity index (χ2v) is 5.16. The van der Waals surface area contributed by atoms with Gasteiger partial charge in [0.2, 0.25) is 0 Å². The van der Waals surface area contributed by atoms with Gasteiger partial charge in [-0.1, -0.05) is 24.3 Å². The van der Waals surface area contributed by atoms with E-state index in [9.17, 15) is 23.1 Å². The molecule has 7 heteroatoms. The Hall–Kier alpha value is -2.54. The van der Waals surface area contributed by atoms with Crippen molar-refractivity contribution >= 4 is 6.03 Å². The molecule has 0 saturated heterocycles. The molecule has 3 N–H and O–H groups in total. The third kappa shape index (κ3) is 4.99. The van der Waals surface area contributed by atoms with E-state index in [0.717, 1.165) is 12.1 Å². The van der Waals surface area contributed by atoms with Crippen LogP contribution in [0.1, 0.15) is 17.2 Å². The number of aliphatic hydroxyl groups is 1. The molecular weight excluding hydrogens is 321 g/mol. The number of rotatable bonds is 6. The van der Waals surface area contributed by atoms with Crippen LogP contribution in [-0.2, 0) is 6.42 Å². The first-order valence-corrected chi connectivity index (χ1v) is 7.35. The number of carbonyl (C=O) groups is 1. The monoisotopic (exact) mass is 338 g/mol. The number of urea groups is 1. The molecule has 0 fully saturated rings. The van der Waals surface area contributed by atoms with Gasteiger partial charge in [-0.15, -0.1) is 0 Å². The number of hydrogen-bond donors (Lipinski definition) is 3. The predicted molar refractivity (Wildman–Crippen MR) is 82.8 cm³/mol. The highest BCUT2D eigenvalue weighted by molar-refractivity contribution is 5.73. The molecule has 1 unspecified atom stereocenters. The van der Waals surface area contributed by atoms with Gasteiger partial charge in [-0.3, -0.25) is 0 Å². The summed E-state index contributed by atoms with van der Waals surface area (Å²) in [6, 6.07) is 8.38. The maximum atomic E-state index is 13.5. The molecule has 0 aliphatic rings. The van der Waals surface area contributed by atoms with E-state index < -0.39 is 29.6 Å². The van der Waals surface area contributed by atoms with Gasteiger partial charge < -0.3 is 15.7 Å². The normalized spacial score (nSPS) is 11.8. The molecule has 2 aromatic carbocycles. The first-order chi connectivity index (χ1) is 11.5. The van der Waals surface area contributed by atoms with Gasteiger partial charge in [0, 0.05) is 24.7 Å². The zero-order valence-corrected chi connectivity index (χ0v) is 12.7. The minimum atomic E-state index is -1.17. The standard InChI is InChI=1S/C17H17F3N2O2/c18-12-6-5-11(15(20)9-12)7-8-21-17(24)22-10-16(23)13-3-1-2-4-14(13)19/h1-6,9,16,23H,7-8,10H2,(H2,21,22,24). The number of nitrogens with one attached hydrogen (secondary N) is 2. The van der Waals surface area contributed by atoms with Crippen LogP contribution in [0.4, 0.5) is 18.0 Å². The van der Waals surface area contributed by atoms with Crippen LogP contribution in [0.3, 0.4) is 0 Å². The largest absolute Gasteiger partial charge is 0.386 e. The van der Waals surface area contributed by atoms with Crippen LogP contribution in [0, 0.1) is 17.5 Å². The second kappa shape index (κ2) is 8.35. The van der Waals surface area contributed by atoms with Gasteiger partial charge in [0.25, 0.3) is 0 Å². The number of amides is 2. The van der Waals surface area contributed by atoms with Gasteiger partial charge in [-0.05, 0) is 24.1 Å². The fourth-order valence-corrected chi connectivity index (χ4v) is 2.14. The lowest BCUT2D eigenvalue weighted by atomic mass is 10.1. The van der Waals surface area contributed by atoms with Crippen molar-refractivity contribution in [1.29, 1.82) is 0 Å². The average Bonchev–Trinajstić information content (AvgIpc) is 2.55. The lowest BCUT2D eigenvalue weighted by molar-refractivity contribution is 0.169. The molecule has 1 atom stereocenters. The molecule has 2 amide bonds. The number of hydrogen-bond acceptors (Lipinski definition) is 2. The van der Waals surface area contributed by atoms with Crippen molar-refractivity contribution in [3.8, 4) is 0 Å². The Labute approximate surface area is 137 Å². The van der Waals surface area contributed by atoms with Crippen molar-refractivity contribution in [3.63, 3.8) is 0 Å². The van der Waals surface area contributed by atoms with E-state index in [1.54, 1.807) is 6.07 Å². The minimum Gasteiger partial charge on any atom is -0.386 e. The zero-order valence-electron chi connectivity index (χ0n) is 12.7. The predicted octanol–water partition coefficient (Wildman–Crippen LogP) is 2.68. The van der Waals surface area contributed by atoms with Crippen molar-refractivity contribution in [2.45, 2.75) is 12.5 Å². The Kier molecular flexibility index (Phi) is 6.20. The zero-order chi connectivity index (χ0) is 17.5. The number of halogens is 3. The quantitative estimate of drug-likeness (QED) is 0.758. The van der Waals surface area contributed by atoms with Crippen LogP contribution in [0.5, 0.6) is 0 Å². The van der Waals surface area contributed by atoms with E-state index in [-0.39, 0.29) is 30.6 Å². The molecule has 0 saturated carbocycles. The van der Waals surface area contributed by atoms with E-state index >= 15 is 0 Å². The molecule has 24 heavy (non-hydrogen) atoms. The average molecular weight is 338 g/mol. The van der Waals surface area contributed by atoms with Gasteiger partial charge >= 0.3 is 6.03 Å². The Morgan fingerprint density at radius 1 is 1.04 bits per heavy atom. The van der Waals surface area contributed by atoms with Crippen molar-refractivity contribution in [1.82, 2.24) is 10.6 Å². The Bertz CT molecular complexity index is 710. The SMILES string of the molecule is O=C(NCCc1ccc(F)cc1F)NCC(O)c1ccccc1F. The molecule has 0 bridgehead atoms. The van der Waals surface area contributed by atoms with Crippen molar-refractivity contribution in [3.05, 3.63) is 71.0 Å². The smallest absolute Gasteiger partial charge is 0.314 e. The van der Waals surface area contributed by atoms with Gasteiger partial charge in [0.15, 0.2) is 0 Å². The summed E-state index contributed by atoms with van der Waals surface area (Å²) in [7, 11) is 0. The van der Waals surface area contributed by atoms with Crippen LogP contribution < -0.4 is 10.6 Å². The molecule has 0 heterocycles. The molecule has 0 radical (unpaired) electrons. The molecule has 128 valence electrons. The van der Waals surface area contributed by atoms with E-state index in [0.29, 0.717) is 0 Å². The summed E-state index contributed by atoms with van der Waals surface area (Å²) in [5.41, 5.74) is 0.370. The van der Waals surface area contributed by atoms with E-state index in [1.165, 1.54) is 24.3 Å². The van der Waals surface area contributed by atoms with Crippen LogP contribution in [0.15, 0.2) is 42.5 Å². The number of benzene rings is 2. The molecule has 0 aromatic heterocycles.